The predicted molar refractivity (Wildman–Crippen MR) is 72.8 cm³/mol. The molecule has 0 unspecified atom stereocenters. The zero-order valence-corrected chi connectivity index (χ0v) is 10.7. The van der Waals surface area contributed by atoms with Gasteiger partial charge in [-0.2, -0.15) is 0 Å². The molecular weight excluding hydrogens is 228 g/mol. The molecule has 18 heavy (non-hydrogen) atoms. The molecule has 3 heteroatoms. The van der Waals surface area contributed by atoms with Crippen molar-refractivity contribution in [3.8, 4) is 0 Å². The summed E-state index contributed by atoms with van der Waals surface area (Å²) in [7, 11) is 0. The standard InChI is InChI=1S/C15H18O3/c1-3-18-15(17)12(2)10-14-7-4-6-13(11-14)8-5-9-16/h4-8,10-11,16H,3,9H2,1-2H3/b8-5+,12-10+. The average Bonchev–Trinajstić information content (AvgIpc) is 2.37. The van der Waals surface area contributed by atoms with Crippen LogP contribution in [0.15, 0.2) is 35.9 Å². The van der Waals surface area contributed by atoms with E-state index < -0.39 is 0 Å². The van der Waals surface area contributed by atoms with Crippen LogP contribution >= 0.6 is 0 Å². The maximum atomic E-state index is 11.5. The Labute approximate surface area is 107 Å². The summed E-state index contributed by atoms with van der Waals surface area (Å²) in [5.41, 5.74) is 2.48. The molecular formula is C15H18O3. The smallest absolute Gasteiger partial charge is 0.333 e. The number of aliphatic hydroxyl groups excluding tert-OH is 1. The van der Waals surface area contributed by atoms with E-state index in [0.717, 1.165) is 11.1 Å². The molecule has 1 N–H and O–H groups in total. The van der Waals surface area contributed by atoms with Gasteiger partial charge in [-0.3, -0.25) is 0 Å². The van der Waals surface area contributed by atoms with Crippen LogP contribution in [0.3, 0.4) is 0 Å². The molecule has 96 valence electrons. The van der Waals surface area contributed by atoms with Crippen molar-refractivity contribution in [2.45, 2.75) is 13.8 Å². The molecule has 1 rings (SSSR count). The van der Waals surface area contributed by atoms with Gasteiger partial charge in [0.25, 0.3) is 0 Å². The number of hydrogen-bond acceptors (Lipinski definition) is 3. The summed E-state index contributed by atoms with van der Waals surface area (Å²) in [6, 6.07) is 7.69. The molecule has 3 nitrogen and oxygen atoms in total. The first-order valence-corrected chi connectivity index (χ1v) is 5.90. The Morgan fingerprint density at radius 1 is 1.39 bits per heavy atom. The Bertz CT molecular complexity index is 459. The number of carbonyl (C=O) groups excluding carboxylic acids is 1. The zero-order chi connectivity index (χ0) is 13.4. The fourth-order valence-electron chi connectivity index (χ4n) is 1.50. The molecule has 0 saturated carbocycles. The highest BCUT2D eigenvalue weighted by Gasteiger charge is 2.04. The average molecular weight is 246 g/mol. The van der Waals surface area contributed by atoms with Crippen LogP contribution in [0.2, 0.25) is 0 Å². The van der Waals surface area contributed by atoms with Gasteiger partial charge in [-0.05, 0) is 37.1 Å². The molecule has 0 aromatic heterocycles. The molecule has 0 fully saturated rings. The van der Waals surface area contributed by atoms with Crippen molar-refractivity contribution in [1.82, 2.24) is 0 Å². The van der Waals surface area contributed by atoms with Gasteiger partial charge in [-0.25, -0.2) is 4.79 Å². The molecule has 0 amide bonds. The number of esters is 1. The summed E-state index contributed by atoms with van der Waals surface area (Å²) in [4.78, 5) is 11.5. The van der Waals surface area contributed by atoms with E-state index >= 15 is 0 Å². The summed E-state index contributed by atoms with van der Waals surface area (Å²) in [6.07, 6.45) is 5.28. The molecule has 0 radical (unpaired) electrons. The Hall–Kier alpha value is -1.87. The molecule has 0 spiro atoms. The minimum Gasteiger partial charge on any atom is -0.463 e. The molecule has 0 bridgehead atoms. The molecule has 0 aliphatic carbocycles. The van der Waals surface area contributed by atoms with Gasteiger partial charge >= 0.3 is 5.97 Å². The SMILES string of the molecule is CCOC(=O)/C(C)=C/c1cccc(/C=C/CO)c1. The maximum absolute atomic E-state index is 11.5. The minimum atomic E-state index is -0.297. The van der Waals surface area contributed by atoms with Crippen molar-refractivity contribution in [3.63, 3.8) is 0 Å². The van der Waals surface area contributed by atoms with Gasteiger partial charge in [0.15, 0.2) is 0 Å². The Morgan fingerprint density at radius 3 is 2.78 bits per heavy atom. The van der Waals surface area contributed by atoms with Crippen LogP contribution in [0.25, 0.3) is 12.2 Å². The monoisotopic (exact) mass is 246 g/mol. The number of aliphatic hydroxyl groups is 1. The van der Waals surface area contributed by atoms with Gasteiger partial charge in [-0.1, -0.05) is 30.4 Å². The second-order valence-corrected chi connectivity index (χ2v) is 3.80. The van der Waals surface area contributed by atoms with E-state index in [1.807, 2.05) is 30.3 Å². The van der Waals surface area contributed by atoms with Gasteiger partial charge < -0.3 is 9.84 Å². The van der Waals surface area contributed by atoms with Crippen LogP contribution in [0.1, 0.15) is 25.0 Å². The Balaban J connectivity index is 2.87. The zero-order valence-electron chi connectivity index (χ0n) is 10.7. The van der Waals surface area contributed by atoms with Crippen LogP contribution in [-0.4, -0.2) is 24.3 Å². The predicted octanol–water partition coefficient (Wildman–Crippen LogP) is 2.66. The molecule has 0 saturated heterocycles. The number of benzene rings is 1. The minimum absolute atomic E-state index is 0.0158. The number of carbonyl (C=O) groups is 1. The Kier molecular flexibility index (Phi) is 5.88. The van der Waals surface area contributed by atoms with Crippen LogP contribution in [0, 0.1) is 0 Å². The van der Waals surface area contributed by atoms with E-state index in [1.54, 1.807) is 26.0 Å². The molecule has 1 aromatic rings. The van der Waals surface area contributed by atoms with Crippen molar-refractivity contribution in [2.24, 2.45) is 0 Å². The normalized spacial score (nSPS) is 11.8. The van der Waals surface area contributed by atoms with E-state index in [-0.39, 0.29) is 12.6 Å². The first-order valence-electron chi connectivity index (χ1n) is 5.90. The number of rotatable bonds is 5. The highest BCUT2D eigenvalue weighted by Crippen LogP contribution is 2.12. The van der Waals surface area contributed by atoms with E-state index in [1.165, 1.54) is 0 Å². The van der Waals surface area contributed by atoms with Crippen molar-refractivity contribution >= 4 is 18.1 Å². The van der Waals surface area contributed by atoms with Crippen molar-refractivity contribution in [2.75, 3.05) is 13.2 Å². The molecule has 0 aliphatic rings. The topological polar surface area (TPSA) is 46.5 Å². The van der Waals surface area contributed by atoms with Gasteiger partial charge in [-0.15, -0.1) is 0 Å². The van der Waals surface area contributed by atoms with Gasteiger partial charge in [0, 0.05) is 5.57 Å². The van der Waals surface area contributed by atoms with Gasteiger partial charge in [0.1, 0.15) is 0 Å². The maximum Gasteiger partial charge on any atom is 0.333 e. The van der Waals surface area contributed by atoms with Gasteiger partial charge in [0.05, 0.1) is 13.2 Å². The fraction of sp³-hybridized carbons (Fsp3) is 0.267. The van der Waals surface area contributed by atoms with Crippen molar-refractivity contribution in [3.05, 3.63) is 47.0 Å². The highest BCUT2D eigenvalue weighted by molar-refractivity contribution is 5.93. The fourth-order valence-corrected chi connectivity index (χ4v) is 1.50. The second kappa shape index (κ2) is 7.45. The molecule has 0 aliphatic heterocycles. The largest absolute Gasteiger partial charge is 0.463 e. The van der Waals surface area contributed by atoms with E-state index in [0.29, 0.717) is 12.2 Å². The van der Waals surface area contributed by atoms with E-state index in [9.17, 15) is 4.79 Å². The molecule has 0 heterocycles. The highest BCUT2D eigenvalue weighted by atomic mass is 16.5. The van der Waals surface area contributed by atoms with Gasteiger partial charge in [0.2, 0.25) is 0 Å². The third-order valence-electron chi connectivity index (χ3n) is 2.31. The van der Waals surface area contributed by atoms with E-state index in [2.05, 4.69) is 0 Å². The summed E-state index contributed by atoms with van der Waals surface area (Å²) in [6.45, 7) is 3.91. The lowest BCUT2D eigenvalue weighted by molar-refractivity contribution is -0.138. The van der Waals surface area contributed by atoms with Crippen molar-refractivity contribution in [1.29, 1.82) is 0 Å². The summed E-state index contributed by atoms with van der Waals surface area (Å²) >= 11 is 0. The summed E-state index contributed by atoms with van der Waals surface area (Å²) < 4.78 is 4.92. The lowest BCUT2D eigenvalue weighted by atomic mass is 10.1. The summed E-state index contributed by atoms with van der Waals surface area (Å²) in [5, 5.41) is 8.71. The first-order chi connectivity index (χ1) is 8.67. The van der Waals surface area contributed by atoms with Crippen LogP contribution in [0.4, 0.5) is 0 Å². The summed E-state index contributed by atoms with van der Waals surface area (Å²) in [5.74, 6) is -0.297. The van der Waals surface area contributed by atoms with Crippen molar-refractivity contribution < 1.29 is 14.6 Å². The number of ether oxygens (including phenoxy) is 1. The third-order valence-corrected chi connectivity index (χ3v) is 2.31. The second-order valence-electron chi connectivity index (χ2n) is 3.80. The number of hydrogen-bond donors (Lipinski definition) is 1. The van der Waals surface area contributed by atoms with Crippen LogP contribution < -0.4 is 0 Å². The Morgan fingerprint density at radius 2 is 2.11 bits per heavy atom. The lowest BCUT2D eigenvalue weighted by Gasteiger charge is -2.02. The lowest BCUT2D eigenvalue weighted by Crippen LogP contribution is -2.04. The van der Waals surface area contributed by atoms with E-state index in [4.69, 9.17) is 9.84 Å². The first kappa shape index (κ1) is 14.2. The molecule has 1 aromatic carbocycles. The quantitative estimate of drug-likeness (QED) is 0.641. The molecule has 0 atom stereocenters. The third kappa shape index (κ3) is 4.55. The van der Waals surface area contributed by atoms with Crippen LogP contribution in [0.5, 0.6) is 0 Å². The van der Waals surface area contributed by atoms with Crippen LogP contribution in [-0.2, 0) is 9.53 Å².